The highest BCUT2D eigenvalue weighted by molar-refractivity contribution is 6.04. The van der Waals surface area contributed by atoms with E-state index in [-0.39, 0.29) is 35.6 Å². The first-order valence-corrected chi connectivity index (χ1v) is 9.70. The number of carbonyl (C=O) groups is 2. The molecule has 0 unspecified atom stereocenters. The van der Waals surface area contributed by atoms with Gasteiger partial charge in [-0.25, -0.2) is 9.59 Å². The van der Waals surface area contributed by atoms with Crippen molar-refractivity contribution in [2.45, 2.75) is 26.4 Å². The van der Waals surface area contributed by atoms with Gasteiger partial charge < -0.3 is 19.7 Å². The smallest absolute Gasteiger partial charge is 0.340 e. The first-order valence-electron chi connectivity index (χ1n) is 9.70. The molecule has 1 aromatic heterocycles. The Balaban J connectivity index is 1.93. The predicted molar refractivity (Wildman–Crippen MR) is 114 cm³/mol. The fourth-order valence-electron chi connectivity index (χ4n) is 3.32. The molecule has 0 aliphatic carbocycles. The largest absolute Gasteiger partial charge is 0.497 e. The van der Waals surface area contributed by atoms with E-state index in [1.165, 1.54) is 0 Å². The summed E-state index contributed by atoms with van der Waals surface area (Å²) >= 11 is 0. The molecular weight excluding hydrogens is 398 g/mol. The molecule has 31 heavy (non-hydrogen) atoms. The number of carboxylic acids is 2. The van der Waals surface area contributed by atoms with E-state index in [2.05, 4.69) is 4.98 Å². The summed E-state index contributed by atoms with van der Waals surface area (Å²) in [6, 6.07) is 16.6. The first kappa shape index (κ1) is 21.8. The number of rotatable bonds is 9. The van der Waals surface area contributed by atoms with Crippen molar-refractivity contribution in [1.29, 1.82) is 0 Å². The van der Waals surface area contributed by atoms with Gasteiger partial charge in [-0.05, 0) is 43.0 Å². The highest BCUT2D eigenvalue weighted by Crippen LogP contribution is 2.30. The van der Waals surface area contributed by atoms with Crippen LogP contribution < -0.4 is 9.47 Å². The summed E-state index contributed by atoms with van der Waals surface area (Å²) in [7, 11) is 1.58. The number of nitrogens with zero attached hydrogens (tertiary/aromatic N) is 1. The number of methoxy groups -OCH3 is 1. The van der Waals surface area contributed by atoms with Crippen LogP contribution in [0, 0.1) is 6.92 Å². The van der Waals surface area contributed by atoms with Gasteiger partial charge in [-0.3, -0.25) is 4.98 Å². The Morgan fingerprint density at radius 3 is 2.10 bits per heavy atom. The van der Waals surface area contributed by atoms with E-state index in [0.717, 1.165) is 16.9 Å². The van der Waals surface area contributed by atoms with E-state index in [4.69, 9.17) is 9.47 Å². The molecule has 1 heterocycles. The average Bonchev–Trinajstić information content (AvgIpc) is 2.77. The molecule has 160 valence electrons. The van der Waals surface area contributed by atoms with Crippen molar-refractivity contribution >= 4 is 11.9 Å². The Morgan fingerprint density at radius 1 is 0.871 bits per heavy atom. The topological polar surface area (TPSA) is 106 Å². The van der Waals surface area contributed by atoms with E-state index in [1.54, 1.807) is 14.0 Å². The standard InChI is InChI=1S/C24H23NO6/c1-15-22(31-14-17-6-4-3-5-7-17)21(24(28)29)20(23(26)27)19(25-15)13-10-16-8-11-18(30-2)12-9-16/h3-9,11-12H,10,13-14H2,1-2H3,(H,26,27)(H,28,29). The molecule has 0 radical (unpaired) electrons. The molecule has 3 rings (SSSR count). The molecule has 0 saturated heterocycles. The number of aromatic carboxylic acids is 2. The fraction of sp³-hybridized carbons (Fsp3) is 0.208. The van der Waals surface area contributed by atoms with Gasteiger partial charge in [-0.15, -0.1) is 0 Å². The molecule has 0 fully saturated rings. The SMILES string of the molecule is COc1ccc(CCc2nc(C)c(OCc3ccccc3)c(C(=O)O)c2C(=O)O)cc1. The minimum Gasteiger partial charge on any atom is -0.497 e. The van der Waals surface area contributed by atoms with Crippen molar-refractivity contribution in [1.82, 2.24) is 4.98 Å². The maximum absolute atomic E-state index is 12.0. The molecular formula is C24H23NO6. The number of carboxylic acid groups (broad SMARTS) is 2. The zero-order valence-electron chi connectivity index (χ0n) is 17.3. The lowest BCUT2D eigenvalue weighted by Crippen LogP contribution is -2.17. The van der Waals surface area contributed by atoms with Crippen LogP contribution in [-0.4, -0.2) is 34.2 Å². The lowest BCUT2D eigenvalue weighted by molar-refractivity contribution is 0.0644. The molecule has 0 amide bonds. The highest BCUT2D eigenvalue weighted by atomic mass is 16.5. The van der Waals surface area contributed by atoms with Crippen LogP contribution in [0.1, 0.15) is 43.2 Å². The van der Waals surface area contributed by atoms with Crippen LogP contribution in [0.25, 0.3) is 0 Å². The number of aryl methyl sites for hydroxylation is 3. The summed E-state index contributed by atoms with van der Waals surface area (Å²) < 4.78 is 10.9. The third-order valence-corrected chi connectivity index (χ3v) is 4.86. The molecule has 0 bridgehead atoms. The Kier molecular flexibility index (Phi) is 6.87. The lowest BCUT2D eigenvalue weighted by atomic mass is 9.99. The minimum absolute atomic E-state index is 0.0260. The third kappa shape index (κ3) is 5.19. The van der Waals surface area contributed by atoms with Crippen LogP contribution in [0.4, 0.5) is 0 Å². The van der Waals surface area contributed by atoms with E-state index in [9.17, 15) is 19.8 Å². The minimum atomic E-state index is -1.36. The van der Waals surface area contributed by atoms with E-state index >= 15 is 0 Å². The van der Waals surface area contributed by atoms with Gasteiger partial charge in [0, 0.05) is 0 Å². The van der Waals surface area contributed by atoms with Gasteiger partial charge in [-0.2, -0.15) is 0 Å². The van der Waals surface area contributed by atoms with Crippen LogP contribution >= 0.6 is 0 Å². The van der Waals surface area contributed by atoms with E-state index < -0.39 is 11.9 Å². The van der Waals surface area contributed by atoms with Crippen LogP contribution in [0.2, 0.25) is 0 Å². The number of hydrogen-bond donors (Lipinski definition) is 2. The second-order valence-corrected chi connectivity index (χ2v) is 6.96. The molecule has 0 spiro atoms. The van der Waals surface area contributed by atoms with Gasteiger partial charge in [-0.1, -0.05) is 42.5 Å². The maximum atomic E-state index is 12.0. The molecule has 7 heteroatoms. The second kappa shape index (κ2) is 9.75. The normalized spacial score (nSPS) is 10.5. The summed E-state index contributed by atoms with van der Waals surface area (Å²) in [5.74, 6) is -2.02. The molecule has 2 N–H and O–H groups in total. The number of ether oxygens (including phenoxy) is 2. The highest BCUT2D eigenvalue weighted by Gasteiger charge is 2.28. The Bertz CT molecular complexity index is 1080. The molecule has 7 nitrogen and oxygen atoms in total. The first-order chi connectivity index (χ1) is 14.9. The van der Waals surface area contributed by atoms with Gasteiger partial charge in [0.15, 0.2) is 5.75 Å². The zero-order valence-corrected chi connectivity index (χ0v) is 17.3. The third-order valence-electron chi connectivity index (χ3n) is 4.86. The lowest BCUT2D eigenvalue weighted by Gasteiger charge is -2.17. The van der Waals surface area contributed by atoms with Gasteiger partial charge in [0.25, 0.3) is 0 Å². The fourth-order valence-corrected chi connectivity index (χ4v) is 3.32. The van der Waals surface area contributed by atoms with Crippen molar-refractivity contribution in [3.8, 4) is 11.5 Å². The molecule has 0 atom stereocenters. The van der Waals surface area contributed by atoms with Crippen molar-refractivity contribution in [2.24, 2.45) is 0 Å². The summed E-state index contributed by atoms with van der Waals surface area (Å²) in [6.45, 7) is 1.73. The summed E-state index contributed by atoms with van der Waals surface area (Å²) in [5, 5.41) is 19.6. The predicted octanol–water partition coefficient (Wildman–Crippen LogP) is 4.16. The number of hydrogen-bond acceptors (Lipinski definition) is 5. The monoisotopic (exact) mass is 421 g/mol. The van der Waals surface area contributed by atoms with E-state index in [0.29, 0.717) is 12.1 Å². The Hall–Kier alpha value is -3.87. The van der Waals surface area contributed by atoms with Gasteiger partial charge in [0.2, 0.25) is 0 Å². The molecule has 0 saturated carbocycles. The number of aromatic nitrogens is 1. The molecule has 2 aromatic carbocycles. The van der Waals surface area contributed by atoms with Gasteiger partial charge in [0.05, 0.1) is 24.1 Å². The summed E-state index contributed by atoms with van der Waals surface area (Å²) in [6.07, 6.45) is 0.772. The number of pyridine rings is 1. The van der Waals surface area contributed by atoms with Gasteiger partial charge in [0.1, 0.15) is 17.9 Å². The van der Waals surface area contributed by atoms with Gasteiger partial charge >= 0.3 is 11.9 Å². The van der Waals surface area contributed by atoms with Crippen LogP contribution in [-0.2, 0) is 19.4 Å². The van der Waals surface area contributed by atoms with Crippen molar-refractivity contribution in [3.63, 3.8) is 0 Å². The molecule has 3 aromatic rings. The van der Waals surface area contributed by atoms with E-state index in [1.807, 2.05) is 54.6 Å². The van der Waals surface area contributed by atoms with Crippen molar-refractivity contribution < 1.29 is 29.3 Å². The van der Waals surface area contributed by atoms with Crippen molar-refractivity contribution in [2.75, 3.05) is 7.11 Å². The number of benzene rings is 2. The molecule has 0 aliphatic heterocycles. The molecule has 0 aliphatic rings. The average molecular weight is 421 g/mol. The van der Waals surface area contributed by atoms with Crippen LogP contribution in [0.15, 0.2) is 54.6 Å². The Morgan fingerprint density at radius 2 is 1.52 bits per heavy atom. The maximum Gasteiger partial charge on any atom is 0.340 e. The summed E-state index contributed by atoms with van der Waals surface area (Å²) in [5.41, 5.74) is 1.63. The zero-order chi connectivity index (χ0) is 22.4. The Labute approximate surface area is 179 Å². The summed E-state index contributed by atoms with van der Waals surface area (Å²) in [4.78, 5) is 28.4. The van der Waals surface area contributed by atoms with Crippen LogP contribution in [0.5, 0.6) is 11.5 Å². The second-order valence-electron chi connectivity index (χ2n) is 6.96. The van der Waals surface area contributed by atoms with Crippen molar-refractivity contribution in [3.05, 3.63) is 88.2 Å². The quantitative estimate of drug-likeness (QED) is 0.534. The van der Waals surface area contributed by atoms with Crippen LogP contribution in [0.3, 0.4) is 0 Å².